The van der Waals surface area contributed by atoms with E-state index in [0.29, 0.717) is 24.4 Å². The standard InChI is InChI=1S/C45H50O8/c1-29(2)43(46)52-33(7)27-48-31(5)25-50-37-21-17-35(18-22-37)45(41-15-11-9-13-39(41)40-14-10-12-16-42(40)45)36-19-23-38(24-20-36)51-26-32(6)49-28-34(8)53-44(47)30(3)4/h9-24,31-34H,1,3,25-28H2,2,4-8H3. The first-order valence-corrected chi connectivity index (χ1v) is 18.0. The van der Waals surface area contributed by atoms with Crippen molar-refractivity contribution in [3.63, 3.8) is 0 Å². The second-order valence-corrected chi connectivity index (χ2v) is 13.8. The molecule has 5 rings (SSSR count). The molecule has 53 heavy (non-hydrogen) atoms. The molecule has 0 spiro atoms. The van der Waals surface area contributed by atoms with Gasteiger partial charge in [-0.3, -0.25) is 0 Å². The third kappa shape index (κ3) is 9.25. The summed E-state index contributed by atoms with van der Waals surface area (Å²) in [5, 5.41) is 0. The van der Waals surface area contributed by atoms with Gasteiger partial charge >= 0.3 is 11.9 Å². The maximum Gasteiger partial charge on any atom is 0.333 e. The summed E-state index contributed by atoms with van der Waals surface area (Å²) in [5.41, 5.74) is 7.16. The molecule has 0 heterocycles. The van der Waals surface area contributed by atoms with E-state index in [1.54, 1.807) is 27.7 Å². The Balaban J connectivity index is 1.31. The SMILES string of the molecule is C=C(C)C(=O)OC(C)COC(C)COc1ccc(C2(c3ccc(OCC(C)OCC(C)OC(=O)C(=C)C)cc3)c3ccccc3-c3ccccc32)cc1. The molecule has 0 N–H and O–H groups in total. The van der Waals surface area contributed by atoms with Crippen LogP contribution in [0.15, 0.2) is 121 Å². The van der Waals surface area contributed by atoms with Crippen LogP contribution < -0.4 is 9.47 Å². The third-order valence-corrected chi connectivity index (χ3v) is 9.04. The largest absolute Gasteiger partial charge is 0.491 e. The van der Waals surface area contributed by atoms with Gasteiger partial charge in [0.15, 0.2) is 0 Å². The highest BCUT2D eigenvalue weighted by molar-refractivity contribution is 5.88. The molecule has 0 saturated carbocycles. The Labute approximate surface area is 313 Å². The normalized spacial score (nSPS) is 14.8. The van der Waals surface area contributed by atoms with E-state index in [-0.39, 0.29) is 25.4 Å². The lowest BCUT2D eigenvalue weighted by Gasteiger charge is -2.34. The van der Waals surface area contributed by atoms with E-state index in [9.17, 15) is 9.59 Å². The Hall–Kier alpha value is -5.18. The summed E-state index contributed by atoms with van der Waals surface area (Å²) in [4.78, 5) is 23.6. The van der Waals surface area contributed by atoms with Crippen molar-refractivity contribution in [3.8, 4) is 22.6 Å². The molecule has 0 amide bonds. The van der Waals surface area contributed by atoms with E-state index in [0.717, 1.165) is 22.6 Å². The van der Waals surface area contributed by atoms with Crippen LogP contribution >= 0.6 is 0 Å². The molecule has 4 aromatic rings. The minimum atomic E-state index is -0.578. The van der Waals surface area contributed by atoms with Crippen LogP contribution in [0.25, 0.3) is 11.1 Å². The van der Waals surface area contributed by atoms with Gasteiger partial charge in [-0.1, -0.05) is 86.0 Å². The average Bonchev–Trinajstić information content (AvgIpc) is 3.46. The number of esters is 2. The van der Waals surface area contributed by atoms with E-state index in [2.05, 4.69) is 86.0 Å². The number of ether oxygens (including phenoxy) is 6. The molecular formula is C45H50O8. The van der Waals surface area contributed by atoms with Crippen molar-refractivity contribution in [3.05, 3.63) is 144 Å². The van der Waals surface area contributed by atoms with Gasteiger partial charge in [-0.05, 0) is 99.2 Å². The molecule has 0 radical (unpaired) electrons. The lowest BCUT2D eigenvalue weighted by Crippen LogP contribution is -2.28. The van der Waals surface area contributed by atoms with Crippen molar-refractivity contribution >= 4 is 11.9 Å². The predicted molar refractivity (Wildman–Crippen MR) is 206 cm³/mol. The summed E-state index contributed by atoms with van der Waals surface area (Å²) < 4.78 is 34.6. The number of benzene rings is 4. The van der Waals surface area contributed by atoms with Gasteiger partial charge in [-0.2, -0.15) is 0 Å². The Bertz CT molecular complexity index is 1760. The fourth-order valence-electron chi connectivity index (χ4n) is 6.38. The second-order valence-electron chi connectivity index (χ2n) is 13.8. The minimum absolute atomic E-state index is 0.217. The quantitative estimate of drug-likeness (QED) is 0.0658. The van der Waals surface area contributed by atoms with Crippen molar-refractivity contribution in [2.45, 2.75) is 71.4 Å². The van der Waals surface area contributed by atoms with Crippen LogP contribution in [0.1, 0.15) is 63.8 Å². The third-order valence-electron chi connectivity index (χ3n) is 9.04. The van der Waals surface area contributed by atoms with E-state index in [1.807, 2.05) is 38.1 Å². The number of hydrogen-bond donors (Lipinski definition) is 0. The first-order chi connectivity index (χ1) is 25.4. The number of fused-ring (bicyclic) bond motifs is 3. The lowest BCUT2D eigenvalue weighted by atomic mass is 9.68. The van der Waals surface area contributed by atoms with Crippen LogP contribution in [0.5, 0.6) is 11.5 Å². The summed E-state index contributed by atoms with van der Waals surface area (Å²) in [6.45, 7) is 19.1. The Morgan fingerprint density at radius 2 is 0.887 bits per heavy atom. The smallest absolute Gasteiger partial charge is 0.333 e. The van der Waals surface area contributed by atoms with Gasteiger partial charge in [-0.15, -0.1) is 0 Å². The van der Waals surface area contributed by atoms with Gasteiger partial charge in [0.2, 0.25) is 0 Å². The zero-order chi connectivity index (χ0) is 38.1. The van der Waals surface area contributed by atoms with Gasteiger partial charge in [0.25, 0.3) is 0 Å². The van der Waals surface area contributed by atoms with Crippen molar-refractivity contribution in [2.24, 2.45) is 0 Å². The lowest BCUT2D eigenvalue weighted by molar-refractivity contribution is -0.148. The van der Waals surface area contributed by atoms with Gasteiger partial charge < -0.3 is 28.4 Å². The van der Waals surface area contributed by atoms with E-state index in [4.69, 9.17) is 28.4 Å². The highest BCUT2D eigenvalue weighted by atomic mass is 16.6. The summed E-state index contributed by atoms with van der Waals surface area (Å²) >= 11 is 0. The molecule has 0 fully saturated rings. The van der Waals surface area contributed by atoms with Crippen LogP contribution in [0, 0.1) is 0 Å². The first kappa shape index (κ1) is 39.0. The topological polar surface area (TPSA) is 89.5 Å². The molecule has 8 nitrogen and oxygen atoms in total. The molecule has 8 heteroatoms. The fraction of sp³-hybridized carbons (Fsp3) is 0.333. The van der Waals surface area contributed by atoms with Gasteiger partial charge in [-0.25, -0.2) is 9.59 Å². The van der Waals surface area contributed by atoms with Crippen LogP contribution in [0.4, 0.5) is 0 Å². The average molecular weight is 719 g/mol. The number of carbonyl (C=O) groups is 2. The molecule has 278 valence electrons. The molecule has 4 aromatic carbocycles. The number of hydrogen-bond acceptors (Lipinski definition) is 8. The zero-order valence-corrected chi connectivity index (χ0v) is 31.6. The van der Waals surface area contributed by atoms with Crippen molar-refractivity contribution in [1.29, 1.82) is 0 Å². The fourth-order valence-corrected chi connectivity index (χ4v) is 6.38. The molecule has 1 aliphatic rings. The molecule has 4 atom stereocenters. The molecule has 4 unspecified atom stereocenters. The Morgan fingerprint density at radius 3 is 1.25 bits per heavy atom. The summed E-state index contributed by atoms with van der Waals surface area (Å²) in [5.74, 6) is 0.597. The van der Waals surface area contributed by atoms with Crippen LogP contribution in [-0.4, -0.2) is 62.8 Å². The number of rotatable bonds is 18. The molecular weight excluding hydrogens is 668 g/mol. The predicted octanol–water partition coefficient (Wildman–Crippen LogP) is 8.63. The first-order valence-electron chi connectivity index (χ1n) is 18.0. The molecule has 0 aliphatic heterocycles. The van der Waals surface area contributed by atoms with Crippen LogP contribution in [-0.2, 0) is 34.0 Å². The van der Waals surface area contributed by atoms with Crippen molar-refractivity contribution in [1.82, 2.24) is 0 Å². The van der Waals surface area contributed by atoms with E-state index in [1.165, 1.54) is 22.3 Å². The van der Waals surface area contributed by atoms with Gasteiger partial charge in [0.1, 0.15) is 36.9 Å². The Kier molecular flexibility index (Phi) is 12.9. The summed E-state index contributed by atoms with van der Waals surface area (Å²) in [7, 11) is 0. The van der Waals surface area contributed by atoms with Crippen LogP contribution in [0.2, 0.25) is 0 Å². The summed E-state index contributed by atoms with van der Waals surface area (Å²) in [6.07, 6.45) is -1.22. The highest BCUT2D eigenvalue weighted by Gasteiger charge is 2.45. The molecule has 0 bridgehead atoms. The monoisotopic (exact) mass is 718 g/mol. The van der Waals surface area contributed by atoms with Gasteiger partial charge in [0, 0.05) is 11.1 Å². The zero-order valence-electron chi connectivity index (χ0n) is 31.6. The van der Waals surface area contributed by atoms with E-state index >= 15 is 0 Å². The van der Waals surface area contributed by atoms with Gasteiger partial charge in [0.05, 0.1) is 30.8 Å². The molecule has 0 aromatic heterocycles. The van der Waals surface area contributed by atoms with E-state index < -0.39 is 29.6 Å². The number of carbonyl (C=O) groups excluding carboxylic acids is 2. The van der Waals surface area contributed by atoms with Crippen molar-refractivity contribution < 1.29 is 38.0 Å². The van der Waals surface area contributed by atoms with Crippen molar-refractivity contribution in [2.75, 3.05) is 26.4 Å². The Morgan fingerprint density at radius 1 is 0.528 bits per heavy atom. The highest BCUT2D eigenvalue weighted by Crippen LogP contribution is 2.56. The molecule has 0 saturated heterocycles. The summed E-state index contributed by atoms with van der Waals surface area (Å²) in [6, 6.07) is 33.7. The minimum Gasteiger partial charge on any atom is -0.491 e. The maximum absolute atomic E-state index is 11.8. The maximum atomic E-state index is 11.8. The van der Waals surface area contributed by atoms with Crippen LogP contribution in [0.3, 0.4) is 0 Å². The second kappa shape index (κ2) is 17.6. The molecule has 1 aliphatic carbocycles.